The number of hydrogen-bond donors (Lipinski definition) is 1. The largest absolute Gasteiger partial charge is 0.444 e. The van der Waals surface area contributed by atoms with Crippen molar-refractivity contribution in [2.45, 2.75) is 26.8 Å². The molecule has 3 nitrogen and oxygen atoms in total. The number of halogens is 1. The third kappa shape index (κ3) is 2.96. The van der Waals surface area contributed by atoms with Gasteiger partial charge in [-0.25, -0.2) is 9.37 Å². The molecule has 4 heteroatoms. The van der Waals surface area contributed by atoms with Crippen molar-refractivity contribution in [1.82, 2.24) is 10.3 Å². The molecule has 1 aromatic heterocycles. The van der Waals surface area contributed by atoms with Crippen molar-refractivity contribution < 1.29 is 8.81 Å². The first-order chi connectivity index (χ1) is 8.70. The summed E-state index contributed by atoms with van der Waals surface area (Å²) in [6, 6.07) is 5.02. The molecule has 2 rings (SSSR count). The third-order valence-electron chi connectivity index (χ3n) is 2.64. The normalized spacial score (nSPS) is 10.8. The van der Waals surface area contributed by atoms with E-state index in [0.29, 0.717) is 18.0 Å². The molecule has 2 aromatic rings. The highest BCUT2D eigenvalue weighted by Crippen LogP contribution is 2.22. The van der Waals surface area contributed by atoms with Gasteiger partial charge in [-0.05, 0) is 37.6 Å². The number of oxazole rings is 1. The molecule has 0 fully saturated rings. The molecule has 0 saturated heterocycles. The molecule has 96 valence electrons. The van der Waals surface area contributed by atoms with Crippen LogP contribution in [0.2, 0.25) is 0 Å². The summed E-state index contributed by atoms with van der Waals surface area (Å²) in [5, 5.41) is 3.22. The lowest BCUT2D eigenvalue weighted by atomic mass is 10.1. The Morgan fingerprint density at radius 1 is 1.39 bits per heavy atom. The SMILES string of the molecule is CCCNCc1coc(-c2ccc(C)cc2F)n1. The van der Waals surface area contributed by atoms with E-state index in [1.54, 1.807) is 12.3 Å². The third-order valence-corrected chi connectivity index (χ3v) is 2.64. The van der Waals surface area contributed by atoms with Crippen molar-refractivity contribution in [2.75, 3.05) is 6.54 Å². The maximum atomic E-state index is 13.7. The Morgan fingerprint density at radius 3 is 2.94 bits per heavy atom. The summed E-state index contributed by atoms with van der Waals surface area (Å²) >= 11 is 0. The minimum absolute atomic E-state index is 0.301. The van der Waals surface area contributed by atoms with Gasteiger partial charge in [-0.2, -0.15) is 0 Å². The number of aromatic nitrogens is 1. The molecule has 1 N–H and O–H groups in total. The maximum Gasteiger partial charge on any atom is 0.229 e. The van der Waals surface area contributed by atoms with Crippen LogP contribution in [0.3, 0.4) is 0 Å². The Labute approximate surface area is 106 Å². The fourth-order valence-electron chi connectivity index (χ4n) is 1.70. The molecule has 1 heterocycles. The van der Waals surface area contributed by atoms with Crippen LogP contribution in [0.1, 0.15) is 24.6 Å². The van der Waals surface area contributed by atoms with Gasteiger partial charge in [0.05, 0.1) is 11.3 Å². The molecule has 0 spiro atoms. The van der Waals surface area contributed by atoms with E-state index < -0.39 is 0 Å². The molecule has 0 unspecified atom stereocenters. The molecule has 0 atom stereocenters. The van der Waals surface area contributed by atoms with Gasteiger partial charge in [-0.15, -0.1) is 0 Å². The highest BCUT2D eigenvalue weighted by molar-refractivity contribution is 5.54. The zero-order valence-corrected chi connectivity index (χ0v) is 10.7. The van der Waals surface area contributed by atoms with Crippen LogP contribution in [0, 0.1) is 12.7 Å². The number of benzene rings is 1. The molecule has 1 aromatic carbocycles. The van der Waals surface area contributed by atoms with Crippen LogP contribution in [-0.2, 0) is 6.54 Å². The Balaban J connectivity index is 2.13. The Hall–Kier alpha value is -1.68. The van der Waals surface area contributed by atoms with Crippen molar-refractivity contribution in [3.63, 3.8) is 0 Å². The van der Waals surface area contributed by atoms with Crippen molar-refractivity contribution >= 4 is 0 Å². The average molecular weight is 248 g/mol. The number of rotatable bonds is 5. The van der Waals surface area contributed by atoms with Crippen LogP contribution in [0.5, 0.6) is 0 Å². The van der Waals surface area contributed by atoms with Gasteiger partial charge in [0.2, 0.25) is 5.89 Å². The second-order valence-electron chi connectivity index (χ2n) is 4.30. The second kappa shape index (κ2) is 5.78. The second-order valence-corrected chi connectivity index (χ2v) is 4.30. The molecule has 0 amide bonds. The van der Waals surface area contributed by atoms with Crippen LogP contribution in [-0.4, -0.2) is 11.5 Å². The number of nitrogens with zero attached hydrogens (tertiary/aromatic N) is 1. The number of hydrogen-bond acceptors (Lipinski definition) is 3. The molecular weight excluding hydrogens is 231 g/mol. The summed E-state index contributed by atoms with van der Waals surface area (Å²) < 4.78 is 19.0. The summed E-state index contributed by atoms with van der Waals surface area (Å²) in [5.74, 6) is 0.0331. The first-order valence-electron chi connectivity index (χ1n) is 6.12. The summed E-state index contributed by atoms with van der Waals surface area (Å²) in [5.41, 5.74) is 2.08. The molecule has 18 heavy (non-hydrogen) atoms. The lowest BCUT2D eigenvalue weighted by Gasteiger charge is -1.99. The predicted octanol–water partition coefficient (Wildman–Crippen LogP) is 3.29. The van der Waals surface area contributed by atoms with E-state index in [-0.39, 0.29) is 5.82 Å². The molecule has 0 bridgehead atoms. The van der Waals surface area contributed by atoms with Crippen LogP contribution >= 0.6 is 0 Å². The van der Waals surface area contributed by atoms with Crippen molar-refractivity contribution in [3.8, 4) is 11.5 Å². The minimum atomic E-state index is -0.301. The van der Waals surface area contributed by atoms with Gasteiger partial charge in [-0.1, -0.05) is 13.0 Å². The van der Waals surface area contributed by atoms with Crippen LogP contribution in [0.15, 0.2) is 28.9 Å². The standard InChI is InChI=1S/C14H17FN2O/c1-3-6-16-8-11-9-18-14(17-11)12-5-4-10(2)7-13(12)15/h4-5,7,9,16H,3,6,8H2,1-2H3. The molecule has 0 aliphatic heterocycles. The first-order valence-corrected chi connectivity index (χ1v) is 6.12. The van der Waals surface area contributed by atoms with Gasteiger partial charge in [0.1, 0.15) is 12.1 Å². The lowest BCUT2D eigenvalue weighted by molar-refractivity contribution is 0.558. The molecule has 0 saturated carbocycles. The van der Waals surface area contributed by atoms with Gasteiger partial charge in [-0.3, -0.25) is 0 Å². The first kappa shape index (κ1) is 12.8. The monoisotopic (exact) mass is 248 g/mol. The predicted molar refractivity (Wildman–Crippen MR) is 68.6 cm³/mol. The zero-order chi connectivity index (χ0) is 13.0. The topological polar surface area (TPSA) is 38.1 Å². The van der Waals surface area contributed by atoms with E-state index in [1.807, 2.05) is 13.0 Å². The van der Waals surface area contributed by atoms with Gasteiger partial charge in [0, 0.05) is 6.54 Å². The van der Waals surface area contributed by atoms with Gasteiger partial charge in [0.15, 0.2) is 0 Å². The number of aryl methyl sites for hydroxylation is 1. The van der Waals surface area contributed by atoms with Gasteiger partial charge < -0.3 is 9.73 Å². The van der Waals surface area contributed by atoms with E-state index in [2.05, 4.69) is 17.2 Å². The minimum Gasteiger partial charge on any atom is -0.444 e. The van der Waals surface area contributed by atoms with Crippen molar-refractivity contribution in [1.29, 1.82) is 0 Å². The lowest BCUT2D eigenvalue weighted by Crippen LogP contribution is -2.13. The fraction of sp³-hybridized carbons (Fsp3) is 0.357. The highest BCUT2D eigenvalue weighted by Gasteiger charge is 2.11. The highest BCUT2D eigenvalue weighted by atomic mass is 19.1. The summed E-state index contributed by atoms with van der Waals surface area (Å²) in [4.78, 5) is 4.27. The van der Waals surface area contributed by atoms with Crippen LogP contribution < -0.4 is 5.32 Å². The van der Waals surface area contributed by atoms with E-state index >= 15 is 0 Å². The number of nitrogens with one attached hydrogen (secondary N) is 1. The smallest absolute Gasteiger partial charge is 0.229 e. The van der Waals surface area contributed by atoms with E-state index in [1.165, 1.54) is 6.07 Å². The molecular formula is C14H17FN2O. The zero-order valence-electron chi connectivity index (χ0n) is 10.7. The van der Waals surface area contributed by atoms with Crippen molar-refractivity contribution in [2.24, 2.45) is 0 Å². The quantitative estimate of drug-likeness (QED) is 0.825. The Kier molecular flexibility index (Phi) is 4.10. The summed E-state index contributed by atoms with van der Waals surface area (Å²) in [7, 11) is 0. The van der Waals surface area contributed by atoms with E-state index in [4.69, 9.17) is 4.42 Å². The maximum absolute atomic E-state index is 13.7. The summed E-state index contributed by atoms with van der Waals surface area (Å²) in [6.45, 7) is 5.53. The van der Waals surface area contributed by atoms with Gasteiger partial charge in [0.25, 0.3) is 0 Å². The van der Waals surface area contributed by atoms with Crippen molar-refractivity contribution in [3.05, 3.63) is 41.5 Å². The fourth-order valence-corrected chi connectivity index (χ4v) is 1.70. The Bertz CT molecular complexity index is 522. The van der Waals surface area contributed by atoms with E-state index in [0.717, 1.165) is 24.2 Å². The molecule has 0 aliphatic carbocycles. The Morgan fingerprint density at radius 2 is 2.22 bits per heavy atom. The van der Waals surface area contributed by atoms with Crippen LogP contribution in [0.25, 0.3) is 11.5 Å². The average Bonchev–Trinajstić information content (AvgIpc) is 2.78. The van der Waals surface area contributed by atoms with Gasteiger partial charge >= 0.3 is 0 Å². The molecule has 0 aliphatic rings. The van der Waals surface area contributed by atoms with Crippen LogP contribution in [0.4, 0.5) is 4.39 Å². The molecule has 0 radical (unpaired) electrons. The van der Waals surface area contributed by atoms with E-state index in [9.17, 15) is 4.39 Å². The summed E-state index contributed by atoms with van der Waals surface area (Å²) in [6.07, 6.45) is 2.63.